The van der Waals surface area contributed by atoms with Crippen LogP contribution in [0.2, 0.25) is 0 Å². The van der Waals surface area contributed by atoms with Crippen LogP contribution in [0.15, 0.2) is 0 Å². The highest BCUT2D eigenvalue weighted by molar-refractivity contribution is 7.89. The standard InChI is InChI=1S/C8H16N2O5S/c9-16(13,14)7-5-8(12)10(6-7)1-3-15-4-2-11/h7,11H,1-6H2,(H2,9,13,14). The average Bonchev–Trinajstić information content (AvgIpc) is 2.55. The van der Waals surface area contributed by atoms with Gasteiger partial charge in [-0.15, -0.1) is 0 Å². The van der Waals surface area contributed by atoms with E-state index in [4.69, 9.17) is 15.0 Å². The Kier molecular flexibility index (Phi) is 4.66. The SMILES string of the molecule is NS(=O)(=O)C1CC(=O)N(CCOCCO)C1. The van der Waals surface area contributed by atoms with E-state index in [-0.39, 0.29) is 38.7 Å². The number of likely N-dealkylation sites (tertiary alicyclic amines) is 1. The molecule has 1 aliphatic heterocycles. The van der Waals surface area contributed by atoms with Crippen molar-refractivity contribution in [2.24, 2.45) is 5.14 Å². The highest BCUT2D eigenvalue weighted by Gasteiger charge is 2.35. The lowest BCUT2D eigenvalue weighted by Gasteiger charge is -2.15. The van der Waals surface area contributed by atoms with Crippen LogP contribution in [0.5, 0.6) is 0 Å². The topological polar surface area (TPSA) is 110 Å². The Morgan fingerprint density at radius 2 is 2.19 bits per heavy atom. The molecule has 0 aromatic heterocycles. The van der Waals surface area contributed by atoms with Gasteiger partial charge in [-0.2, -0.15) is 0 Å². The Hall–Kier alpha value is -0.700. The normalized spacial score (nSPS) is 21.8. The van der Waals surface area contributed by atoms with Crippen molar-refractivity contribution in [3.63, 3.8) is 0 Å². The fourth-order valence-corrected chi connectivity index (χ4v) is 2.28. The number of primary sulfonamides is 1. The second-order valence-corrected chi connectivity index (χ2v) is 5.44. The predicted octanol–water partition coefficient (Wildman–Crippen LogP) is -2.12. The molecule has 0 aliphatic carbocycles. The molecule has 16 heavy (non-hydrogen) atoms. The molecule has 1 amide bonds. The van der Waals surface area contributed by atoms with E-state index in [1.165, 1.54) is 4.90 Å². The van der Waals surface area contributed by atoms with Crippen molar-refractivity contribution in [2.45, 2.75) is 11.7 Å². The lowest BCUT2D eigenvalue weighted by molar-refractivity contribution is -0.128. The van der Waals surface area contributed by atoms with Crippen molar-refractivity contribution in [2.75, 3.05) is 32.9 Å². The van der Waals surface area contributed by atoms with Crippen LogP contribution in [-0.4, -0.2) is 62.5 Å². The van der Waals surface area contributed by atoms with E-state index < -0.39 is 15.3 Å². The molecule has 3 N–H and O–H groups in total. The van der Waals surface area contributed by atoms with E-state index in [0.717, 1.165) is 0 Å². The van der Waals surface area contributed by atoms with E-state index in [0.29, 0.717) is 6.54 Å². The molecule has 1 fully saturated rings. The van der Waals surface area contributed by atoms with E-state index >= 15 is 0 Å². The number of nitrogens with zero attached hydrogens (tertiary/aromatic N) is 1. The number of hydrogen-bond donors (Lipinski definition) is 2. The number of rotatable bonds is 6. The van der Waals surface area contributed by atoms with Gasteiger partial charge in [0.2, 0.25) is 15.9 Å². The van der Waals surface area contributed by atoms with E-state index in [2.05, 4.69) is 0 Å². The third-order valence-corrected chi connectivity index (χ3v) is 3.63. The van der Waals surface area contributed by atoms with Crippen molar-refractivity contribution >= 4 is 15.9 Å². The van der Waals surface area contributed by atoms with Gasteiger partial charge in [0.15, 0.2) is 0 Å². The molecule has 1 aliphatic rings. The van der Waals surface area contributed by atoms with Crippen molar-refractivity contribution < 1.29 is 23.1 Å². The first-order chi connectivity index (χ1) is 7.45. The molecule has 1 unspecified atom stereocenters. The monoisotopic (exact) mass is 252 g/mol. The van der Waals surface area contributed by atoms with Crippen LogP contribution in [0, 0.1) is 0 Å². The number of ether oxygens (including phenoxy) is 1. The lowest BCUT2D eigenvalue weighted by atomic mass is 10.4. The summed E-state index contributed by atoms with van der Waals surface area (Å²) < 4.78 is 27.1. The summed E-state index contributed by atoms with van der Waals surface area (Å²) in [5.74, 6) is -0.230. The molecule has 1 atom stereocenters. The molecule has 0 bridgehead atoms. The summed E-state index contributed by atoms with van der Waals surface area (Å²) in [6.07, 6.45) is -0.0567. The first kappa shape index (κ1) is 13.4. The van der Waals surface area contributed by atoms with Crippen molar-refractivity contribution in [1.29, 1.82) is 0 Å². The Balaban J connectivity index is 2.37. The molecule has 0 saturated carbocycles. The lowest BCUT2D eigenvalue weighted by Crippen LogP contribution is -2.33. The Morgan fingerprint density at radius 1 is 1.50 bits per heavy atom. The van der Waals surface area contributed by atoms with Gasteiger partial charge in [-0.1, -0.05) is 0 Å². The highest BCUT2D eigenvalue weighted by Crippen LogP contribution is 2.15. The van der Waals surface area contributed by atoms with Crippen LogP contribution in [0.25, 0.3) is 0 Å². The maximum atomic E-state index is 11.4. The summed E-state index contributed by atoms with van der Waals surface area (Å²) in [5, 5.41) is 12.6. The Bertz CT molecular complexity index is 342. The summed E-state index contributed by atoms with van der Waals surface area (Å²) in [6, 6.07) is 0. The fourth-order valence-electron chi connectivity index (χ4n) is 1.51. The quantitative estimate of drug-likeness (QED) is 0.525. The van der Waals surface area contributed by atoms with Crippen LogP contribution in [-0.2, 0) is 19.6 Å². The summed E-state index contributed by atoms with van der Waals surface area (Å²) in [5.41, 5.74) is 0. The van der Waals surface area contributed by atoms with Crippen molar-refractivity contribution in [3.8, 4) is 0 Å². The maximum Gasteiger partial charge on any atom is 0.224 e. The summed E-state index contributed by atoms with van der Waals surface area (Å²) in [7, 11) is -3.65. The van der Waals surface area contributed by atoms with Gasteiger partial charge in [-0.3, -0.25) is 4.79 Å². The summed E-state index contributed by atoms with van der Waals surface area (Å²) in [6.45, 7) is 0.864. The van der Waals surface area contributed by atoms with Gasteiger partial charge >= 0.3 is 0 Å². The van der Waals surface area contributed by atoms with E-state index in [1.54, 1.807) is 0 Å². The average molecular weight is 252 g/mol. The summed E-state index contributed by atoms with van der Waals surface area (Å²) in [4.78, 5) is 12.8. The third-order valence-electron chi connectivity index (χ3n) is 2.38. The number of carbonyl (C=O) groups is 1. The van der Waals surface area contributed by atoms with Gasteiger partial charge in [-0.25, -0.2) is 13.6 Å². The second kappa shape index (κ2) is 5.58. The number of amides is 1. The molecular formula is C8H16N2O5S. The van der Waals surface area contributed by atoms with Gasteiger partial charge in [-0.05, 0) is 0 Å². The number of aliphatic hydroxyl groups excluding tert-OH is 1. The molecule has 7 nitrogen and oxygen atoms in total. The first-order valence-corrected chi connectivity index (χ1v) is 6.54. The Morgan fingerprint density at radius 3 is 2.69 bits per heavy atom. The van der Waals surface area contributed by atoms with Crippen LogP contribution < -0.4 is 5.14 Å². The number of sulfonamides is 1. The largest absolute Gasteiger partial charge is 0.394 e. The molecular weight excluding hydrogens is 236 g/mol. The number of carbonyl (C=O) groups excluding carboxylic acids is 1. The zero-order chi connectivity index (χ0) is 12.2. The minimum atomic E-state index is -3.65. The van der Waals surface area contributed by atoms with Gasteiger partial charge in [0.1, 0.15) is 5.25 Å². The molecule has 0 radical (unpaired) electrons. The smallest absolute Gasteiger partial charge is 0.224 e. The molecule has 0 spiro atoms. The zero-order valence-electron chi connectivity index (χ0n) is 8.83. The molecule has 0 aromatic carbocycles. The van der Waals surface area contributed by atoms with Gasteiger partial charge in [0, 0.05) is 19.5 Å². The molecule has 8 heteroatoms. The first-order valence-electron chi connectivity index (χ1n) is 4.93. The number of aliphatic hydroxyl groups is 1. The van der Waals surface area contributed by atoms with E-state index in [1.807, 2.05) is 0 Å². The molecule has 1 heterocycles. The number of hydrogen-bond acceptors (Lipinski definition) is 5. The second-order valence-electron chi connectivity index (χ2n) is 3.59. The van der Waals surface area contributed by atoms with E-state index in [9.17, 15) is 13.2 Å². The fraction of sp³-hybridized carbons (Fsp3) is 0.875. The van der Waals surface area contributed by atoms with Gasteiger partial charge in [0.25, 0.3) is 0 Å². The maximum absolute atomic E-state index is 11.4. The van der Waals surface area contributed by atoms with Crippen LogP contribution in [0.4, 0.5) is 0 Å². The summed E-state index contributed by atoms with van der Waals surface area (Å²) >= 11 is 0. The third kappa shape index (κ3) is 3.71. The highest BCUT2D eigenvalue weighted by atomic mass is 32.2. The minimum absolute atomic E-state index is 0.0567. The molecule has 0 aromatic rings. The van der Waals surface area contributed by atoms with Gasteiger partial charge in [0.05, 0.1) is 19.8 Å². The molecule has 94 valence electrons. The predicted molar refractivity (Wildman–Crippen MR) is 56.0 cm³/mol. The Labute approximate surface area is 94.2 Å². The van der Waals surface area contributed by atoms with Crippen LogP contribution in [0.3, 0.4) is 0 Å². The molecule has 1 saturated heterocycles. The van der Waals surface area contributed by atoms with Crippen molar-refractivity contribution in [1.82, 2.24) is 4.90 Å². The zero-order valence-corrected chi connectivity index (χ0v) is 9.65. The molecule has 1 rings (SSSR count). The minimum Gasteiger partial charge on any atom is -0.394 e. The van der Waals surface area contributed by atoms with Crippen LogP contribution >= 0.6 is 0 Å². The number of nitrogens with two attached hydrogens (primary N) is 1. The van der Waals surface area contributed by atoms with Crippen molar-refractivity contribution in [3.05, 3.63) is 0 Å². The van der Waals surface area contributed by atoms with Gasteiger partial charge < -0.3 is 14.7 Å². The van der Waals surface area contributed by atoms with Crippen LogP contribution in [0.1, 0.15) is 6.42 Å².